The van der Waals surface area contributed by atoms with Gasteiger partial charge in [-0.05, 0) is 52.7 Å². The van der Waals surface area contributed by atoms with E-state index in [0.29, 0.717) is 12.8 Å². The molecule has 2 aromatic rings. The minimum atomic E-state index is -1.37. The Labute approximate surface area is 215 Å². The van der Waals surface area contributed by atoms with E-state index in [4.69, 9.17) is 9.47 Å². The summed E-state index contributed by atoms with van der Waals surface area (Å²) in [5.74, 6) is 0. The molecule has 7 heteroatoms. The van der Waals surface area contributed by atoms with Crippen LogP contribution in [0.4, 0.5) is 9.59 Å². The predicted molar refractivity (Wildman–Crippen MR) is 140 cm³/mol. The van der Waals surface area contributed by atoms with Gasteiger partial charge in [0.25, 0.3) is 0 Å². The van der Waals surface area contributed by atoms with Gasteiger partial charge in [-0.15, -0.1) is 0 Å². The van der Waals surface area contributed by atoms with Gasteiger partial charge in [0, 0.05) is 32.5 Å². The van der Waals surface area contributed by atoms with Gasteiger partial charge in [-0.3, -0.25) is 4.90 Å². The summed E-state index contributed by atoms with van der Waals surface area (Å²) < 4.78 is 11.3. The highest BCUT2D eigenvalue weighted by molar-refractivity contribution is 5.71. The van der Waals surface area contributed by atoms with Crippen molar-refractivity contribution in [3.05, 3.63) is 71.8 Å². The Morgan fingerprint density at radius 3 is 1.67 bits per heavy atom. The van der Waals surface area contributed by atoms with Crippen LogP contribution in [0.2, 0.25) is 0 Å². The highest BCUT2D eigenvalue weighted by atomic mass is 16.6. The molecule has 1 fully saturated rings. The molecule has 1 N–H and O–H groups in total. The lowest BCUT2D eigenvalue weighted by molar-refractivity contribution is -0.0833. The third-order valence-corrected chi connectivity index (χ3v) is 5.99. The van der Waals surface area contributed by atoms with Crippen LogP contribution in [0.1, 0.15) is 52.7 Å². The first-order valence-corrected chi connectivity index (χ1v) is 12.5. The van der Waals surface area contributed by atoms with E-state index >= 15 is 0 Å². The number of piperazine rings is 1. The van der Waals surface area contributed by atoms with E-state index in [2.05, 4.69) is 0 Å². The second-order valence-corrected chi connectivity index (χ2v) is 11.5. The molecule has 1 atom stereocenters. The van der Waals surface area contributed by atoms with Crippen LogP contribution in [-0.2, 0) is 22.3 Å². The lowest BCUT2D eigenvalue weighted by atomic mass is 9.80. The molecule has 0 radical (unpaired) electrons. The number of carbonyl (C=O) groups is 2. The maximum Gasteiger partial charge on any atom is 0.410 e. The molecule has 1 aliphatic heterocycles. The summed E-state index contributed by atoms with van der Waals surface area (Å²) in [5, 5.41) is 12.4. The van der Waals surface area contributed by atoms with Gasteiger partial charge >= 0.3 is 12.2 Å². The van der Waals surface area contributed by atoms with Gasteiger partial charge in [0.1, 0.15) is 11.2 Å². The van der Waals surface area contributed by atoms with Crippen LogP contribution in [0.3, 0.4) is 0 Å². The number of hydrogen-bond donors (Lipinski definition) is 1. The van der Waals surface area contributed by atoms with Crippen molar-refractivity contribution < 1.29 is 24.2 Å². The molecule has 0 saturated carbocycles. The zero-order chi connectivity index (χ0) is 26.6. The first-order valence-electron chi connectivity index (χ1n) is 12.5. The van der Waals surface area contributed by atoms with Crippen molar-refractivity contribution in [1.82, 2.24) is 9.80 Å². The van der Waals surface area contributed by atoms with E-state index in [1.54, 1.807) is 9.80 Å². The molecular formula is C29H40N2O5. The summed E-state index contributed by atoms with van der Waals surface area (Å²) in [6.07, 6.45) is -0.363. The summed E-state index contributed by atoms with van der Waals surface area (Å²) in [4.78, 5) is 29.5. The summed E-state index contributed by atoms with van der Waals surface area (Å²) in [5.41, 5.74) is -0.843. The van der Waals surface area contributed by atoms with Crippen LogP contribution >= 0.6 is 0 Å². The average Bonchev–Trinajstić information content (AvgIpc) is 2.77. The van der Waals surface area contributed by atoms with Gasteiger partial charge in [-0.1, -0.05) is 60.7 Å². The highest BCUT2D eigenvalue weighted by Gasteiger charge is 2.47. The lowest BCUT2D eigenvalue weighted by Gasteiger charge is -2.48. The van der Waals surface area contributed by atoms with Crippen LogP contribution < -0.4 is 0 Å². The summed E-state index contributed by atoms with van der Waals surface area (Å²) in [6.45, 7) is 11.6. The second-order valence-electron chi connectivity index (χ2n) is 11.5. The minimum absolute atomic E-state index is 0.129. The molecule has 7 nitrogen and oxygen atoms in total. The topological polar surface area (TPSA) is 79.3 Å². The van der Waals surface area contributed by atoms with Crippen LogP contribution in [-0.4, -0.2) is 69.6 Å². The standard InChI is InChI=1S/C29H40N2O5/c1-27(2,3)35-25(32)30-17-18-31(26(33)36-28(4,5)6)24(21-30)29(34,19-22-13-9-7-10-14-22)20-23-15-11-8-12-16-23/h7-16,24,34H,17-21H2,1-6H3. The quantitative estimate of drug-likeness (QED) is 0.626. The van der Waals surface area contributed by atoms with Crippen molar-refractivity contribution in [3.63, 3.8) is 0 Å². The smallest absolute Gasteiger partial charge is 0.410 e. The second kappa shape index (κ2) is 10.9. The number of hydrogen-bond acceptors (Lipinski definition) is 5. The van der Waals surface area contributed by atoms with Gasteiger partial charge < -0.3 is 19.5 Å². The molecule has 1 saturated heterocycles. The van der Waals surface area contributed by atoms with Crippen LogP contribution in [0.15, 0.2) is 60.7 Å². The van der Waals surface area contributed by atoms with Crippen molar-refractivity contribution >= 4 is 12.2 Å². The molecule has 36 heavy (non-hydrogen) atoms. The highest BCUT2D eigenvalue weighted by Crippen LogP contribution is 2.31. The van der Waals surface area contributed by atoms with E-state index < -0.39 is 35.0 Å². The number of amides is 2. The molecule has 1 heterocycles. The van der Waals surface area contributed by atoms with Crippen LogP contribution in [0.5, 0.6) is 0 Å². The number of ether oxygens (including phenoxy) is 2. The van der Waals surface area contributed by atoms with Crippen molar-refractivity contribution in [2.75, 3.05) is 19.6 Å². The largest absolute Gasteiger partial charge is 0.444 e. The van der Waals surface area contributed by atoms with Gasteiger partial charge in [-0.25, -0.2) is 9.59 Å². The van der Waals surface area contributed by atoms with E-state index in [1.165, 1.54) is 0 Å². The molecule has 0 bridgehead atoms. The maximum atomic E-state index is 13.3. The first-order chi connectivity index (χ1) is 16.8. The lowest BCUT2D eigenvalue weighted by Crippen LogP contribution is -2.66. The van der Waals surface area contributed by atoms with E-state index in [9.17, 15) is 14.7 Å². The molecular weight excluding hydrogens is 456 g/mol. The Balaban J connectivity index is 2.01. The number of aliphatic hydroxyl groups is 1. The van der Waals surface area contributed by atoms with Crippen molar-refractivity contribution in [2.45, 2.75) is 77.2 Å². The SMILES string of the molecule is CC(C)(C)OC(=O)N1CCN(C(=O)OC(C)(C)C)C(C(O)(Cc2ccccc2)Cc2ccccc2)C1. The molecule has 0 aromatic heterocycles. The normalized spacial score (nSPS) is 17.0. The van der Waals surface area contributed by atoms with Gasteiger partial charge in [0.05, 0.1) is 11.6 Å². The summed E-state index contributed by atoms with van der Waals surface area (Å²) >= 11 is 0. The third kappa shape index (κ3) is 7.72. The fraction of sp³-hybridized carbons (Fsp3) is 0.517. The van der Waals surface area contributed by atoms with Gasteiger partial charge in [-0.2, -0.15) is 0 Å². The molecule has 2 aromatic carbocycles. The molecule has 1 unspecified atom stereocenters. The summed E-state index contributed by atoms with van der Waals surface area (Å²) in [7, 11) is 0. The Kier molecular flexibility index (Phi) is 8.34. The molecule has 3 rings (SSSR count). The Hall–Kier alpha value is -3.06. The number of benzene rings is 2. The van der Waals surface area contributed by atoms with Crippen molar-refractivity contribution in [2.24, 2.45) is 0 Å². The first kappa shape index (κ1) is 27.5. The molecule has 2 amide bonds. The number of nitrogens with zero attached hydrogens (tertiary/aromatic N) is 2. The zero-order valence-electron chi connectivity index (χ0n) is 22.4. The van der Waals surface area contributed by atoms with E-state index in [1.807, 2.05) is 102 Å². The number of carbonyl (C=O) groups excluding carboxylic acids is 2. The zero-order valence-corrected chi connectivity index (χ0v) is 22.4. The van der Waals surface area contributed by atoms with Crippen molar-refractivity contribution in [3.8, 4) is 0 Å². The minimum Gasteiger partial charge on any atom is -0.444 e. The summed E-state index contributed by atoms with van der Waals surface area (Å²) in [6, 6.07) is 18.7. The van der Waals surface area contributed by atoms with Crippen LogP contribution in [0.25, 0.3) is 0 Å². The van der Waals surface area contributed by atoms with Crippen molar-refractivity contribution in [1.29, 1.82) is 0 Å². The average molecular weight is 497 g/mol. The molecule has 0 spiro atoms. The fourth-order valence-corrected chi connectivity index (χ4v) is 4.47. The van der Waals surface area contributed by atoms with Crippen LogP contribution in [0, 0.1) is 0 Å². The maximum absolute atomic E-state index is 13.3. The Bertz CT molecular complexity index is 970. The van der Waals surface area contributed by atoms with Gasteiger partial charge in [0.2, 0.25) is 0 Å². The van der Waals surface area contributed by atoms with Gasteiger partial charge in [0.15, 0.2) is 0 Å². The van der Waals surface area contributed by atoms with E-state index in [0.717, 1.165) is 11.1 Å². The molecule has 0 aliphatic carbocycles. The predicted octanol–water partition coefficient (Wildman–Crippen LogP) is 5.06. The Morgan fingerprint density at radius 1 is 0.778 bits per heavy atom. The Morgan fingerprint density at radius 2 is 1.22 bits per heavy atom. The molecule has 1 aliphatic rings. The number of rotatable bonds is 5. The van der Waals surface area contributed by atoms with E-state index in [-0.39, 0.29) is 19.6 Å². The third-order valence-electron chi connectivity index (χ3n) is 5.99. The molecule has 196 valence electrons. The fourth-order valence-electron chi connectivity index (χ4n) is 4.47. The monoisotopic (exact) mass is 496 g/mol.